The van der Waals surface area contributed by atoms with Crippen LogP contribution in [0, 0.1) is 0 Å². The van der Waals surface area contributed by atoms with Crippen LogP contribution in [0.25, 0.3) is 0 Å². The zero-order valence-electron chi connectivity index (χ0n) is 14.7. The molecule has 7 nitrogen and oxygen atoms in total. The van der Waals surface area contributed by atoms with Crippen LogP contribution in [0.2, 0.25) is 0 Å². The standard InChI is InChI=1S/C19H21N3O4/c1-25-15-4-2-3-14(11-15)18(23)21-7-9-22(10-8-21)19(24)17-12-16(20-26-17)13-5-6-13/h2-4,11-13H,5-10H2,1H3. The number of rotatable bonds is 4. The van der Waals surface area contributed by atoms with E-state index in [1.165, 1.54) is 0 Å². The summed E-state index contributed by atoms with van der Waals surface area (Å²) in [7, 11) is 1.58. The molecule has 1 saturated carbocycles. The van der Waals surface area contributed by atoms with E-state index in [4.69, 9.17) is 9.26 Å². The van der Waals surface area contributed by atoms with Crippen molar-refractivity contribution in [1.82, 2.24) is 15.0 Å². The zero-order valence-corrected chi connectivity index (χ0v) is 14.7. The highest BCUT2D eigenvalue weighted by atomic mass is 16.5. The van der Waals surface area contributed by atoms with E-state index in [0.717, 1.165) is 18.5 Å². The third-order valence-corrected chi connectivity index (χ3v) is 4.91. The lowest BCUT2D eigenvalue weighted by Crippen LogP contribution is -2.50. The Bertz CT molecular complexity index is 820. The molecule has 7 heteroatoms. The van der Waals surface area contributed by atoms with Crippen LogP contribution < -0.4 is 4.74 Å². The summed E-state index contributed by atoms with van der Waals surface area (Å²) in [5.74, 6) is 1.20. The number of nitrogens with zero attached hydrogens (tertiary/aromatic N) is 3. The monoisotopic (exact) mass is 355 g/mol. The van der Waals surface area contributed by atoms with Crippen LogP contribution in [0.15, 0.2) is 34.9 Å². The highest BCUT2D eigenvalue weighted by Crippen LogP contribution is 2.39. The number of carbonyl (C=O) groups excluding carboxylic acids is 2. The van der Waals surface area contributed by atoms with Gasteiger partial charge in [-0.2, -0.15) is 0 Å². The summed E-state index contributed by atoms with van der Waals surface area (Å²) in [6, 6.07) is 8.87. The van der Waals surface area contributed by atoms with Crippen LogP contribution in [0.3, 0.4) is 0 Å². The molecule has 1 saturated heterocycles. The highest BCUT2D eigenvalue weighted by molar-refractivity contribution is 5.95. The van der Waals surface area contributed by atoms with Gasteiger partial charge >= 0.3 is 0 Å². The highest BCUT2D eigenvalue weighted by Gasteiger charge is 2.31. The molecule has 0 bridgehead atoms. The minimum absolute atomic E-state index is 0.0494. The average molecular weight is 355 g/mol. The number of carbonyl (C=O) groups is 2. The Morgan fingerprint density at radius 2 is 1.77 bits per heavy atom. The van der Waals surface area contributed by atoms with Gasteiger partial charge in [-0.15, -0.1) is 0 Å². The molecular weight excluding hydrogens is 334 g/mol. The first kappa shape index (κ1) is 16.6. The molecule has 4 rings (SSSR count). The van der Waals surface area contributed by atoms with E-state index in [1.54, 1.807) is 47.2 Å². The number of methoxy groups -OCH3 is 1. The number of aromatic nitrogens is 1. The van der Waals surface area contributed by atoms with Gasteiger partial charge in [0.15, 0.2) is 0 Å². The fraction of sp³-hybridized carbons (Fsp3) is 0.421. The average Bonchev–Trinajstić information content (AvgIpc) is 3.44. The van der Waals surface area contributed by atoms with Crippen molar-refractivity contribution in [1.29, 1.82) is 0 Å². The van der Waals surface area contributed by atoms with E-state index >= 15 is 0 Å². The summed E-state index contributed by atoms with van der Waals surface area (Å²) in [4.78, 5) is 28.7. The quantitative estimate of drug-likeness (QED) is 0.840. The molecule has 0 radical (unpaired) electrons. The van der Waals surface area contributed by atoms with E-state index < -0.39 is 0 Å². The topological polar surface area (TPSA) is 75.9 Å². The number of ether oxygens (including phenoxy) is 1. The summed E-state index contributed by atoms with van der Waals surface area (Å²) >= 11 is 0. The molecule has 0 spiro atoms. The first-order valence-corrected chi connectivity index (χ1v) is 8.85. The predicted molar refractivity (Wildman–Crippen MR) is 93.3 cm³/mol. The van der Waals surface area contributed by atoms with Gasteiger partial charge < -0.3 is 19.1 Å². The zero-order chi connectivity index (χ0) is 18.1. The number of hydrogen-bond acceptors (Lipinski definition) is 5. The Kier molecular flexibility index (Phi) is 4.36. The molecule has 2 amide bonds. The van der Waals surface area contributed by atoms with Gasteiger partial charge in [-0.05, 0) is 31.0 Å². The molecule has 2 fully saturated rings. The van der Waals surface area contributed by atoms with Crippen molar-refractivity contribution < 1.29 is 18.8 Å². The molecule has 0 unspecified atom stereocenters. The Hall–Kier alpha value is -2.83. The van der Waals surface area contributed by atoms with Crippen molar-refractivity contribution in [2.75, 3.05) is 33.3 Å². The van der Waals surface area contributed by atoms with Crippen molar-refractivity contribution in [3.8, 4) is 5.75 Å². The molecule has 2 heterocycles. The third kappa shape index (κ3) is 3.29. The molecule has 1 aromatic heterocycles. The molecule has 2 aliphatic rings. The second kappa shape index (κ2) is 6.82. The molecule has 0 N–H and O–H groups in total. The number of benzene rings is 1. The first-order chi connectivity index (χ1) is 12.7. The van der Waals surface area contributed by atoms with Crippen molar-refractivity contribution >= 4 is 11.8 Å². The van der Waals surface area contributed by atoms with Gasteiger partial charge in [0.25, 0.3) is 11.8 Å². The Labute approximate surface area is 151 Å². The fourth-order valence-electron chi connectivity index (χ4n) is 3.17. The largest absolute Gasteiger partial charge is 0.497 e. The summed E-state index contributed by atoms with van der Waals surface area (Å²) < 4.78 is 10.4. The van der Waals surface area contributed by atoms with Gasteiger partial charge in [0.05, 0.1) is 12.8 Å². The lowest BCUT2D eigenvalue weighted by Gasteiger charge is -2.34. The molecule has 2 aromatic rings. The van der Waals surface area contributed by atoms with Gasteiger partial charge in [-0.1, -0.05) is 11.2 Å². The fourth-order valence-corrected chi connectivity index (χ4v) is 3.17. The van der Waals surface area contributed by atoms with Crippen LogP contribution in [0.4, 0.5) is 0 Å². The maximum Gasteiger partial charge on any atom is 0.292 e. The minimum Gasteiger partial charge on any atom is -0.497 e. The van der Waals surface area contributed by atoms with Gasteiger partial charge in [0.1, 0.15) is 5.75 Å². The lowest BCUT2D eigenvalue weighted by atomic mass is 10.1. The normalized spacial score (nSPS) is 17.3. The number of amides is 2. The Morgan fingerprint density at radius 3 is 2.42 bits per heavy atom. The smallest absolute Gasteiger partial charge is 0.292 e. The maximum absolute atomic E-state index is 12.6. The molecule has 26 heavy (non-hydrogen) atoms. The first-order valence-electron chi connectivity index (χ1n) is 8.85. The lowest BCUT2D eigenvalue weighted by molar-refractivity contribution is 0.0512. The second-order valence-corrected chi connectivity index (χ2v) is 6.71. The number of hydrogen-bond donors (Lipinski definition) is 0. The van der Waals surface area contributed by atoms with Crippen LogP contribution in [0.5, 0.6) is 5.75 Å². The summed E-state index contributed by atoms with van der Waals surface area (Å²) in [6.07, 6.45) is 2.23. The van der Waals surface area contributed by atoms with E-state index in [2.05, 4.69) is 5.16 Å². The Balaban J connectivity index is 1.36. The van der Waals surface area contributed by atoms with E-state index in [-0.39, 0.29) is 11.8 Å². The van der Waals surface area contributed by atoms with E-state index in [0.29, 0.717) is 49.2 Å². The summed E-state index contributed by atoms with van der Waals surface area (Å²) in [6.45, 7) is 1.94. The van der Waals surface area contributed by atoms with Gasteiger partial charge in [-0.25, -0.2) is 0 Å². The van der Waals surface area contributed by atoms with Crippen molar-refractivity contribution in [3.05, 3.63) is 47.3 Å². The van der Waals surface area contributed by atoms with Gasteiger partial charge in [-0.3, -0.25) is 9.59 Å². The molecular formula is C19H21N3O4. The minimum atomic E-state index is -0.155. The van der Waals surface area contributed by atoms with Crippen LogP contribution >= 0.6 is 0 Å². The summed E-state index contributed by atoms with van der Waals surface area (Å²) in [5.41, 5.74) is 1.47. The Morgan fingerprint density at radius 1 is 1.08 bits per heavy atom. The van der Waals surface area contributed by atoms with Crippen molar-refractivity contribution in [2.24, 2.45) is 0 Å². The van der Waals surface area contributed by atoms with Gasteiger partial charge in [0, 0.05) is 43.7 Å². The molecule has 0 atom stereocenters. The number of piperazine rings is 1. The van der Waals surface area contributed by atoms with Crippen LogP contribution in [-0.4, -0.2) is 60.1 Å². The van der Waals surface area contributed by atoms with Crippen molar-refractivity contribution in [2.45, 2.75) is 18.8 Å². The van der Waals surface area contributed by atoms with Crippen molar-refractivity contribution in [3.63, 3.8) is 0 Å². The van der Waals surface area contributed by atoms with E-state index in [9.17, 15) is 9.59 Å². The predicted octanol–water partition coefficient (Wildman–Crippen LogP) is 2.16. The van der Waals surface area contributed by atoms with E-state index in [1.807, 2.05) is 0 Å². The van der Waals surface area contributed by atoms with Crippen LogP contribution in [0.1, 0.15) is 45.4 Å². The second-order valence-electron chi connectivity index (χ2n) is 6.71. The SMILES string of the molecule is COc1cccc(C(=O)N2CCN(C(=O)c3cc(C4CC4)no3)CC2)c1. The molecule has 1 aliphatic carbocycles. The summed E-state index contributed by atoms with van der Waals surface area (Å²) in [5, 5.41) is 3.99. The molecule has 136 valence electrons. The molecule has 1 aromatic carbocycles. The van der Waals surface area contributed by atoms with Crippen LogP contribution in [-0.2, 0) is 0 Å². The molecule has 1 aliphatic heterocycles. The maximum atomic E-state index is 12.6. The third-order valence-electron chi connectivity index (χ3n) is 4.91. The van der Waals surface area contributed by atoms with Gasteiger partial charge in [0.2, 0.25) is 5.76 Å².